The Kier molecular flexibility index (Phi) is 2.14. The van der Waals surface area contributed by atoms with E-state index in [2.05, 4.69) is 10.5 Å². The second-order valence-corrected chi connectivity index (χ2v) is 3.23. The SMILES string of the molecule is C1=CSC(c2ccccc2)=NN1. The van der Waals surface area contributed by atoms with E-state index >= 15 is 0 Å². The summed E-state index contributed by atoms with van der Waals surface area (Å²) in [4.78, 5) is 0. The second kappa shape index (κ2) is 3.45. The van der Waals surface area contributed by atoms with Crippen LogP contribution in [0.4, 0.5) is 0 Å². The van der Waals surface area contributed by atoms with Crippen LogP contribution in [0.2, 0.25) is 0 Å². The smallest absolute Gasteiger partial charge is 0.128 e. The molecule has 0 unspecified atom stereocenters. The van der Waals surface area contributed by atoms with Gasteiger partial charge in [0, 0.05) is 11.8 Å². The Morgan fingerprint density at radius 1 is 1.17 bits per heavy atom. The van der Waals surface area contributed by atoms with E-state index in [4.69, 9.17) is 0 Å². The number of thioether (sulfide) groups is 1. The van der Waals surface area contributed by atoms with Crippen molar-refractivity contribution in [2.45, 2.75) is 0 Å². The van der Waals surface area contributed by atoms with Gasteiger partial charge in [-0.25, -0.2) is 0 Å². The Hall–Kier alpha value is -1.22. The molecule has 1 aromatic rings. The minimum absolute atomic E-state index is 1.01. The van der Waals surface area contributed by atoms with Crippen LogP contribution in [0.5, 0.6) is 0 Å². The van der Waals surface area contributed by atoms with E-state index in [1.165, 1.54) is 0 Å². The van der Waals surface area contributed by atoms with E-state index < -0.39 is 0 Å². The van der Waals surface area contributed by atoms with Crippen LogP contribution in [0.25, 0.3) is 0 Å². The quantitative estimate of drug-likeness (QED) is 0.709. The zero-order chi connectivity index (χ0) is 8.23. The molecule has 0 spiro atoms. The van der Waals surface area contributed by atoms with Crippen LogP contribution in [0.1, 0.15) is 5.56 Å². The van der Waals surface area contributed by atoms with Gasteiger partial charge in [-0.05, 0) is 5.41 Å². The molecule has 0 amide bonds. The molecule has 0 radical (unpaired) electrons. The van der Waals surface area contributed by atoms with E-state index in [1.807, 2.05) is 41.9 Å². The molecule has 1 aliphatic rings. The Labute approximate surface area is 75.4 Å². The Balaban J connectivity index is 2.26. The van der Waals surface area contributed by atoms with E-state index in [0.29, 0.717) is 0 Å². The molecule has 1 aromatic carbocycles. The van der Waals surface area contributed by atoms with Crippen molar-refractivity contribution in [1.29, 1.82) is 0 Å². The molecular formula is C9H8N2S. The highest BCUT2D eigenvalue weighted by Crippen LogP contribution is 2.15. The van der Waals surface area contributed by atoms with Crippen molar-refractivity contribution in [3.63, 3.8) is 0 Å². The van der Waals surface area contributed by atoms with Gasteiger partial charge in [-0.1, -0.05) is 42.1 Å². The summed E-state index contributed by atoms with van der Waals surface area (Å²) < 4.78 is 0. The van der Waals surface area contributed by atoms with Crippen LogP contribution in [0.15, 0.2) is 47.0 Å². The molecule has 0 atom stereocenters. The highest BCUT2D eigenvalue weighted by atomic mass is 32.2. The Morgan fingerprint density at radius 3 is 2.67 bits per heavy atom. The van der Waals surface area contributed by atoms with Gasteiger partial charge < -0.3 is 0 Å². The van der Waals surface area contributed by atoms with Crippen molar-refractivity contribution in [2.24, 2.45) is 5.10 Å². The van der Waals surface area contributed by atoms with Gasteiger partial charge in [0.2, 0.25) is 0 Å². The average Bonchev–Trinajstić information content (AvgIpc) is 2.21. The number of benzene rings is 1. The van der Waals surface area contributed by atoms with Gasteiger partial charge in [0.05, 0.1) is 0 Å². The summed E-state index contributed by atoms with van der Waals surface area (Å²) in [7, 11) is 0. The molecule has 1 aliphatic heterocycles. The molecular weight excluding hydrogens is 168 g/mol. The Bertz CT molecular complexity index is 317. The van der Waals surface area contributed by atoms with E-state index in [9.17, 15) is 0 Å². The van der Waals surface area contributed by atoms with Crippen LogP contribution in [-0.4, -0.2) is 5.04 Å². The van der Waals surface area contributed by atoms with Crippen LogP contribution < -0.4 is 5.43 Å². The number of hydrogen-bond donors (Lipinski definition) is 1. The lowest BCUT2D eigenvalue weighted by molar-refractivity contribution is 0.973. The number of nitrogens with one attached hydrogen (secondary N) is 1. The third-order valence-corrected chi connectivity index (χ3v) is 2.33. The zero-order valence-electron chi connectivity index (χ0n) is 6.40. The average molecular weight is 176 g/mol. The van der Waals surface area contributed by atoms with Crippen molar-refractivity contribution in [1.82, 2.24) is 5.43 Å². The fourth-order valence-electron chi connectivity index (χ4n) is 0.964. The van der Waals surface area contributed by atoms with Crippen molar-refractivity contribution >= 4 is 16.8 Å². The molecule has 1 heterocycles. The predicted molar refractivity (Wildman–Crippen MR) is 52.8 cm³/mol. The molecule has 0 saturated carbocycles. The molecule has 0 bridgehead atoms. The van der Waals surface area contributed by atoms with E-state index in [-0.39, 0.29) is 0 Å². The van der Waals surface area contributed by atoms with Crippen molar-refractivity contribution in [2.75, 3.05) is 0 Å². The number of hydrogen-bond acceptors (Lipinski definition) is 3. The molecule has 0 aliphatic carbocycles. The lowest BCUT2D eigenvalue weighted by Crippen LogP contribution is -2.05. The third kappa shape index (κ3) is 1.51. The summed E-state index contributed by atoms with van der Waals surface area (Å²) in [5, 5.41) is 7.14. The summed E-state index contributed by atoms with van der Waals surface area (Å²) in [5.41, 5.74) is 3.97. The van der Waals surface area contributed by atoms with Crippen LogP contribution in [-0.2, 0) is 0 Å². The molecule has 1 N–H and O–H groups in total. The highest BCUT2D eigenvalue weighted by Gasteiger charge is 2.03. The molecule has 12 heavy (non-hydrogen) atoms. The summed E-state index contributed by atoms with van der Waals surface area (Å²) in [6.07, 6.45) is 1.82. The molecule has 2 nitrogen and oxygen atoms in total. The summed E-state index contributed by atoms with van der Waals surface area (Å²) in [5.74, 6) is 0. The standard InChI is InChI=1S/C9H8N2S/c1-2-4-8(5-3-1)9-11-10-6-7-12-9/h1-7,10H. The summed E-state index contributed by atoms with van der Waals surface area (Å²) >= 11 is 1.62. The fourth-order valence-corrected chi connectivity index (χ4v) is 1.60. The van der Waals surface area contributed by atoms with Crippen molar-refractivity contribution < 1.29 is 0 Å². The predicted octanol–water partition coefficient (Wildman–Crippen LogP) is 2.16. The van der Waals surface area contributed by atoms with Gasteiger partial charge >= 0.3 is 0 Å². The van der Waals surface area contributed by atoms with E-state index in [0.717, 1.165) is 10.6 Å². The molecule has 2 rings (SSSR count). The summed E-state index contributed by atoms with van der Waals surface area (Å²) in [6.45, 7) is 0. The van der Waals surface area contributed by atoms with Crippen molar-refractivity contribution in [3.8, 4) is 0 Å². The lowest BCUT2D eigenvalue weighted by Gasteiger charge is -2.06. The first kappa shape index (κ1) is 7.43. The molecule has 3 heteroatoms. The molecule has 0 aromatic heterocycles. The summed E-state index contributed by atoms with van der Waals surface area (Å²) in [6, 6.07) is 10.1. The lowest BCUT2D eigenvalue weighted by atomic mass is 10.2. The third-order valence-electron chi connectivity index (χ3n) is 1.51. The Morgan fingerprint density at radius 2 is 2.00 bits per heavy atom. The van der Waals surface area contributed by atoms with Gasteiger partial charge in [-0.2, -0.15) is 5.10 Å². The van der Waals surface area contributed by atoms with Crippen molar-refractivity contribution in [3.05, 3.63) is 47.5 Å². The molecule has 0 saturated heterocycles. The topological polar surface area (TPSA) is 24.4 Å². The molecule has 60 valence electrons. The van der Waals surface area contributed by atoms with Crippen LogP contribution in [0.3, 0.4) is 0 Å². The van der Waals surface area contributed by atoms with Gasteiger partial charge in [0.15, 0.2) is 0 Å². The monoisotopic (exact) mass is 176 g/mol. The zero-order valence-corrected chi connectivity index (χ0v) is 7.21. The maximum absolute atomic E-state index is 4.14. The van der Waals surface area contributed by atoms with Crippen LogP contribution in [0, 0.1) is 0 Å². The first-order valence-electron chi connectivity index (χ1n) is 3.67. The normalized spacial score (nSPS) is 15.2. The number of hydrazone groups is 1. The van der Waals surface area contributed by atoms with Crippen LogP contribution >= 0.6 is 11.8 Å². The van der Waals surface area contributed by atoms with Gasteiger partial charge in [-0.15, -0.1) is 0 Å². The highest BCUT2D eigenvalue weighted by molar-refractivity contribution is 8.16. The first-order chi connectivity index (χ1) is 5.97. The second-order valence-electron chi connectivity index (χ2n) is 2.33. The number of rotatable bonds is 1. The fraction of sp³-hybridized carbons (Fsp3) is 0. The number of nitrogens with zero attached hydrogens (tertiary/aromatic N) is 1. The van der Waals surface area contributed by atoms with Gasteiger partial charge in [0.1, 0.15) is 5.04 Å². The van der Waals surface area contributed by atoms with Gasteiger partial charge in [0.25, 0.3) is 0 Å². The minimum Gasteiger partial charge on any atom is -0.284 e. The molecule has 0 fully saturated rings. The maximum atomic E-state index is 4.14. The maximum Gasteiger partial charge on any atom is 0.128 e. The van der Waals surface area contributed by atoms with E-state index in [1.54, 1.807) is 11.8 Å². The largest absolute Gasteiger partial charge is 0.284 e. The first-order valence-corrected chi connectivity index (χ1v) is 4.55. The minimum atomic E-state index is 1.01. The van der Waals surface area contributed by atoms with Gasteiger partial charge in [-0.3, -0.25) is 5.43 Å².